The Morgan fingerprint density at radius 1 is 1.23 bits per heavy atom. The van der Waals surface area contributed by atoms with E-state index in [0.29, 0.717) is 11.1 Å². The summed E-state index contributed by atoms with van der Waals surface area (Å²) in [6, 6.07) is 10.3. The molecule has 0 radical (unpaired) electrons. The van der Waals surface area contributed by atoms with Crippen LogP contribution in [0.1, 0.15) is 32.1 Å². The Labute approximate surface area is 126 Å². The van der Waals surface area contributed by atoms with Crippen LogP contribution in [0.15, 0.2) is 30.3 Å². The van der Waals surface area contributed by atoms with Gasteiger partial charge in [0, 0.05) is 6.07 Å². The predicted molar refractivity (Wildman–Crippen MR) is 75.2 cm³/mol. The van der Waals surface area contributed by atoms with Crippen molar-refractivity contribution in [1.29, 1.82) is 5.26 Å². The van der Waals surface area contributed by atoms with E-state index in [1.165, 1.54) is 25.0 Å². The van der Waals surface area contributed by atoms with E-state index < -0.39 is 11.9 Å². The first kappa shape index (κ1) is 15.3. The number of hydrogen-bond donors (Lipinski definition) is 0. The first-order valence-electron chi connectivity index (χ1n) is 6.33. The van der Waals surface area contributed by atoms with Gasteiger partial charge in [-0.15, -0.1) is 0 Å². The minimum atomic E-state index is -0.655. The maximum atomic E-state index is 11.8. The van der Waals surface area contributed by atoms with E-state index in [1.807, 2.05) is 0 Å². The summed E-state index contributed by atoms with van der Waals surface area (Å²) in [5.41, 5.74) is 1.25. The lowest BCUT2D eigenvalue weighted by molar-refractivity contribution is 0.0581. The quantitative estimate of drug-likeness (QED) is 0.791. The molecule has 7 nitrogen and oxygen atoms in total. The lowest BCUT2D eigenvalue weighted by atomic mass is 10.1. The maximum absolute atomic E-state index is 11.8. The molecule has 0 aliphatic heterocycles. The van der Waals surface area contributed by atoms with Crippen LogP contribution < -0.4 is 0 Å². The Bertz CT molecular complexity index is 758. The van der Waals surface area contributed by atoms with E-state index in [9.17, 15) is 9.59 Å². The fraction of sp³-hybridized carbons (Fsp3) is 0.200. The fourth-order valence-electron chi connectivity index (χ4n) is 1.94. The Morgan fingerprint density at radius 3 is 2.55 bits per heavy atom. The number of rotatable bonds is 4. The number of carbonyl (C=O) groups excluding carboxylic acids is 2. The summed E-state index contributed by atoms with van der Waals surface area (Å²) in [7, 11) is 2.46. The zero-order chi connectivity index (χ0) is 16.1. The van der Waals surface area contributed by atoms with E-state index >= 15 is 0 Å². The predicted octanol–water partition coefficient (Wildman–Crippen LogP) is 1.38. The van der Waals surface area contributed by atoms with Crippen LogP contribution in [-0.4, -0.2) is 35.9 Å². The second-order valence-corrected chi connectivity index (χ2v) is 4.32. The Hall–Kier alpha value is -3.14. The minimum Gasteiger partial charge on any atom is -0.464 e. The fourth-order valence-corrected chi connectivity index (χ4v) is 1.94. The van der Waals surface area contributed by atoms with Crippen LogP contribution in [0.5, 0.6) is 0 Å². The average Bonchev–Trinajstić information content (AvgIpc) is 2.97. The van der Waals surface area contributed by atoms with Crippen molar-refractivity contribution in [3.8, 4) is 6.07 Å². The molecule has 0 amide bonds. The van der Waals surface area contributed by atoms with Crippen molar-refractivity contribution < 1.29 is 19.1 Å². The normalized spacial score (nSPS) is 9.86. The summed E-state index contributed by atoms with van der Waals surface area (Å²) in [4.78, 5) is 23.4. The molecule has 7 heteroatoms. The van der Waals surface area contributed by atoms with Crippen LogP contribution in [0.25, 0.3) is 0 Å². The molecule has 0 fully saturated rings. The zero-order valence-electron chi connectivity index (χ0n) is 12.1. The van der Waals surface area contributed by atoms with Crippen molar-refractivity contribution in [3.05, 3.63) is 52.8 Å². The second kappa shape index (κ2) is 6.54. The largest absolute Gasteiger partial charge is 0.464 e. The molecule has 0 N–H and O–H groups in total. The number of benzene rings is 1. The molecule has 0 atom stereocenters. The summed E-state index contributed by atoms with van der Waals surface area (Å²) in [6.45, 7) is 0.158. The van der Waals surface area contributed by atoms with Crippen molar-refractivity contribution in [2.45, 2.75) is 6.54 Å². The number of esters is 2. The van der Waals surface area contributed by atoms with Gasteiger partial charge < -0.3 is 9.47 Å². The topological polar surface area (TPSA) is 94.2 Å². The van der Waals surface area contributed by atoms with Crippen molar-refractivity contribution in [2.24, 2.45) is 0 Å². The van der Waals surface area contributed by atoms with Gasteiger partial charge in [-0.2, -0.15) is 10.4 Å². The monoisotopic (exact) mass is 299 g/mol. The molecule has 1 aromatic heterocycles. The van der Waals surface area contributed by atoms with Gasteiger partial charge in [0.25, 0.3) is 0 Å². The molecule has 1 aromatic carbocycles. The number of hydrogen-bond acceptors (Lipinski definition) is 6. The third-order valence-corrected chi connectivity index (χ3v) is 3.03. The number of aromatic nitrogens is 2. The molecule has 1 heterocycles. The van der Waals surface area contributed by atoms with Crippen LogP contribution in [0.2, 0.25) is 0 Å². The molecule has 0 unspecified atom stereocenters. The van der Waals surface area contributed by atoms with Crippen LogP contribution >= 0.6 is 0 Å². The van der Waals surface area contributed by atoms with Gasteiger partial charge >= 0.3 is 11.9 Å². The second-order valence-electron chi connectivity index (χ2n) is 4.32. The van der Waals surface area contributed by atoms with Gasteiger partial charge in [-0.1, -0.05) is 18.2 Å². The van der Waals surface area contributed by atoms with Gasteiger partial charge in [0.2, 0.25) is 0 Å². The number of nitriles is 1. The third-order valence-electron chi connectivity index (χ3n) is 3.03. The first-order valence-corrected chi connectivity index (χ1v) is 6.33. The van der Waals surface area contributed by atoms with Gasteiger partial charge in [-0.3, -0.25) is 4.68 Å². The molecule has 0 bridgehead atoms. The summed E-state index contributed by atoms with van der Waals surface area (Å²) >= 11 is 0. The van der Waals surface area contributed by atoms with Gasteiger partial charge in [0.05, 0.1) is 32.4 Å². The number of carbonyl (C=O) groups is 2. The highest BCUT2D eigenvalue weighted by atomic mass is 16.5. The van der Waals surface area contributed by atoms with Crippen LogP contribution in [0, 0.1) is 11.3 Å². The summed E-state index contributed by atoms with van der Waals surface area (Å²) < 4.78 is 10.6. The Kier molecular flexibility index (Phi) is 4.53. The van der Waals surface area contributed by atoms with E-state index in [2.05, 4.69) is 20.6 Å². The zero-order valence-corrected chi connectivity index (χ0v) is 12.1. The van der Waals surface area contributed by atoms with Crippen molar-refractivity contribution in [3.63, 3.8) is 0 Å². The van der Waals surface area contributed by atoms with Crippen molar-refractivity contribution in [2.75, 3.05) is 14.2 Å². The van der Waals surface area contributed by atoms with Gasteiger partial charge in [-0.25, -0.2) is 9.59 Å². The summed E-state index contributed by atoms with van der Waals surface area (Å²) in [6.07, 6.45) is 0. The number of methoxy groups -OCH3 is 2. The smallest absolute Gasteiger partial charge is 0.358 e. The van der Waals surface area contributed by atoms with E-state index in [1.54, 1.807) is 24.3 Å². The molecular weight excluding hydrogens is 286 g/mol. The molecule has 112 valence electrons. The molecule has 0 saturated heterocycles. The molecule has 2 aromatic rings. The highest BCUT2D eigenvalue weighted by Gasteiger charge is 2.20. The van der Waals surface area contributed by atoms with Crippen LogP contribution in [-0.2, 0) is 16.0 Å². The number of nitrogens with zero attached hydrogens (tertiary/aromatic N) is 3. The Balaban J connectivity index is 2.45. The summed E-state index contributed by atoms with van der Waals surface area (Å²) in [5, 5.41) is 13.2. The van der Waals surface area contributed by atoms with Crippen molar-refractivity contribution >= 4 is 11.9 Å². The molecule has 0 aliphatic carbocycles. The van der Waals surface area contributed by atoms with E-state index in [4.69, 9.17) is 5.26 Å². The Morgan fingerprint density at radius 2 is 1.91 bits per heavy atom. The lowest BCUT2D eigenvalue weighted by Crippen LogP contribution is -2.13. The molecule has 0 spiro atoms. The molecular formula is C15H13N3O4. The molecule has 2 rings (SSSR count). The minimum absolute atomic E-state index is 0.00246. The maximum Gasteiger partial charge on any atom is 0.358 e. The van der Waals surface area contributed by atoms with Crippen LogP contribution in [0.4, 0.5) is 0 Å². The first-order chi connectivity index (χ1) is 10.6. The van der Waals surface area contributed by atoms with E-state index in [0.717, 1.165) is 0 Å². The molecule has 0 saturated carbocycles. The molecule has 22 heavy (non-hydrogen) atoms. The van der Waals surface area contributed by atoms with Crippen LogP contribution in [0.3, 0.4) is 0 Å². The molecule has 0 aliphatic rings. The highest BCUT2D eigenvalue weighted by Crippen LogP contribution is 2.13. The standard InChI is InChI=1S/C15H13N3O4/c1-21-14(19)12-7-13(15(20)22-2)18(17-12)9-11-6-4-3-5-10(11)8-16/h3-7H,9H2,1-2H3. The highest BCUT2D eigenvalue weighted by molar-refractivity contribution is 5.93. The SMILES string of the molecule is COC(=O)c1cc(C(=O)OC)n(Cc2ccccc2C#N)n1. The lowest BCUT2D eigenvalue weighted by Gasteiger charge is -2.07. The van der Waals surface area contributed by atoms with Crippen molar-refractivity contribution in [1.82, 2.24) is 9.78 Å². The van der Waals surface area contributed by atoms with Gasteiger partial charge in [0.15, 0.2) is 5.69 Å². The number of ether oxygens (including phenoxy) is 2. The summed E-state index contributed by atoms with van der Waals surface area (Å²) in [5.74, 6) is -1.28. The van der Waals surface area contributed by atoms with E-state index in [-0.39, 0.29) is 17.9 Å². The third kappa shape index (κ3) is 2.96. The van der Waals surface area contributed by atoms with Gasteiger partial charge in [-0.05, 0) is 11.6 Å². The average molecular weight is 299 g/mol. The van der Waals surface area contributed by atoms with Gasteiger partial charge in [0.1, 0.15) is 5.69 Å².